The molecular weight excluding hydrogens is 265 g/mol. The van der Waals surface area contributed by atoms with Crippen molar-refractivity contribution in [3.05, 3.63) is 71.2 Å². The van der Waals surface area contributed by atoms with Gasteiger partial charge in [-0.1, -0.05) is 37.6 Å². The van der Waals surface area contributed by atoms with E-state index in [0.29, 0.717) is 11.3 Å². The molecule has 3 rings (SSSR count). The molecule has 0 radical (unpaired) electrons. The van der Waals surface area contributed by atoms with E-state index in [1.807, 2.05) is 18.2 Å². The maximum absolute atomic E-state index is 13.2. The molecule has 3 heteroatoms. The Bertz CT molecular complexity index is 746. The molecule has 0 saturated heterocycles. The van der Waals surface area contributed by atoms with Crippen LogP contribution in [0.1, 0.15) is 36.3 Å². The number of nitrogens with two attached hydrogens (primary N) is 1. The van der Waals surface area contributed by atoms with E-state index in [4.69, 9.17) is 10.2 Å². The molecule has 2 N–H and O–H groups in total. The summed E-state index contributed by atoms with van der Waals surface area (Å²) in [4.78, 5) is 0. The minimum absolute atomic E-state index is 0.271. The number of hydrogen-bond acceptors (Lipinski definition) is 2. The van der Waals surface area contributed by atoms with Crippen molar-refractivity contribution in [3.8, 4) is 0 Å². The van der Waals surface area contributed by atoms with E-state index < -0.39 is 0 Å². The zero-order valence-corrected chi connectivity index (χ0v) is 12.0. The molecular formula is C18H18FNO. The molecule has 2 aromatic carbocycles. The number of rotatable bonds is 4. The van der Waals surface area contributed by atoms with Gasteiger partial charge in [-0.25, -0.2) is 4.39 Å². The van der Waals surface area contributed by atoms with Gasteiger partial charge in [-0.05, 0) is 41.8 Å². The van der Waals surface area contributed by atoms with Crippen molar-refractivity contribution >= 4 is 11.0 Å². The lowest BCUT2D eigenvalue weighted by Crippen LogP contribution is -2.10. The highest BCUT2D eigenvalue weighted by molar-refractivity contribution is 5.78. The summed E-state index contributed by atoms with van der Waals surface area (Å²) in [5.74, 6) is 0.381. The molecule has 0 spiro atoms. The average Bonchev–Trinajstić information content (AvgIpc) is 2.90. The van der Waals surface area contributed by atoms with Crippen LogP contribution in [-0.2, 0) is 6.42 Å². The zero-order chi connectivity index (χ0) is 14.8. The van der Waals surface area contributed by atoms with Crippen molar-refractivity contribution in [2.45, 2.75) is 25.8 Å². The number of fused-ring (bicyclic) bond motifs is 1. The summed E-state index contributed by atoms with van der Waals surface area (Å²) >= 11 is 0. The van der Waals surface area contributed by atoms with Gasteiger partial charge in [0.25, 0.3) is 0 Å². The van der Waals surface area contributed by atoms with Gasteiger partial charge in [0.05, 0.1) is 6.04 Å². The summed E-state index contributed by atoms with van der Waals surface area (Å²) in [7, 11) is 0. The smallest absolute Gasteiger partial charge is 0.134 e. The highest BCUT2D eigenvalue weighted by Gasteiger charge is 2.14. The minimum Gasteiger partial charge on any atom is -0.459 e. The predicted molar refractivity (Wildman–Crippen MR) is 82.6 cm³/mol. The van der Waals surface area contributed by atoms with Crippen LogP contribution in [0.2, 0.25) is 0 Å². The lowest BCUT2D eigenvalue weighted by Gasteiger charge is -2.09. The first kappa shape index (κ1) is 13.8. The fourth-order valence-corrected chi connectivity index (χ4v) is 2.53. The molecule has 3 aromatic rings. The summed E-state index contributed by atoms with van der Waals surface area (Å²) < 4.78 is 18.9. The second-order valence-corrected chi connectivity index (χ2v) is 5.30. The van der Waals surface area contributed by atoms with Crippen LogP contribution in [0.3, 0.4) is 0 Å². The van der Waals surface area contributed by atoms with E-state index in [0.717, 1.165) is 23.8 Å². The van der Waals surface area contributed by atoms with Gasteiger partial charge in [-0.15, -0.1) is 0 Å². The van der Waals surface area contributed by atoms with Crippen molar-refractivity contribution in [2.75, 3.05) is 0 Å². The molecule has 108 valence electrons. The molecule has 2 nitrogen and oxygen atoms in total. The van der Waals surface area contributed by atoms with Crippen molar-refractivity contribution in [3.63, 3.8) is 0 Å². The van der Waals surface area contributed by atoms with Crippen LogP contribution in [0, 0.1) is 5.82 Å². The Hall–Kier alpha value is -2.13. The Morgan fingerprint density at radius 2 is 1.86 bits per heavy atom. The lowest BCUT2D eigenvalue weighted by molar-refractivity contribution is 0.524. The van der Waals surface area contributed by atoms with Crippen LogP contribution in [0.4, 0.5) is 4.39 Å². The molecule has 0 aliphatic carbocycles. The van der Waals surface area contributed by atoms with Crippen molar-refractivity contribution in [1.29, 1.82) is 0 Å². The Morgan fingerprint density at radius 3 is 2.57 bits per heavy atom. The first-order valence-corrected chi connectivity index (χ1v) is 7.21. The van der Waals surface area contributed by atoms with Crippen molar-refractivity contribution in [2.24, 2.45) is 5.73 Å². The highest BCUT2D eigenvalue weighted by Crippen LogP contribution is 2.27. The van der Waals surface area contributed by atoms with E-state index in [-0.39, 0.29) is 11.9 Å². The summed E-state index contributed by atoms with van der Waals surface area (Å²) in [6.07, 6.45) is 2.19. The van der Waals surface area contributed by atoms with Gasteiger partial charge in [0.2, 0.25) is 0 Å². The van der Waals surface area contributed by atoms with E-state index in [9.17, 15) is 4.39 Å². The molecule has 1 aromatic heterocycles. The third kappa shape index (κ3) is 2.83. The van der Waals surface area contributed by atoms with E-state index >= 15 is 0 Å². The van der Waals surface area contributed by atoms with E-state index in [1.54, 1.807) is 6.07 Å². The normalized spacial score (nSPS) is 12.7. The average molecular weight is 283 g/mol. The quantitative estimate of drug-likeness (QED) is 0.761. The minimum atomic E-state index is -0.337. The van der Waals surface area contributed by atoms with Crippen molar-refractivity contribution in [1.82, 2.24) is 0 Å². The second kappa shape index (κ2) is 5.70. The SMILES string of the molecule is CCCc1ccc(C(N)c2cc3cc(F)ccc3o2)cc1. The Balaban J connectivity index is 1.90. The topological polar surface area (TPSA) is 39.2 Å². The first-order valence-electron chi connectivity index (χ1n) is 7.21. The fourth-order valence-electron chi connectivity index (χ4n) is 2.53. The Labute approximate surface area is 123 Å². The van der Waals surface area contributed by atoms with Gasteiger partial charge < -0.3 is 10.2 Å². The van der Waals surface area contributed by atoms with Gasteiger partial charge >= 0.3 is 0 Å². The molecule has 1 heterocycles. The highest BCUT2D eigenvalue weighted by atomic mass is 19.1. The molecule has 0 aliphatic rings. The van der Waals surface area contributed by atoms with Gasteiger partial charge in [-0.3, -0.25) is 0 Å². The van der Waals surface area contributed by atoms with E-state index in [1.165, 1.54) is 17.7 Å². The Morgan fingerprint density at radius 1 is 1.10 bits per heavy atom. The predicted octanol–water partition coefficient (Wildman–Crippen LogP) is 4.57. The van der Waals surface area contributed by atoms with Crippen LogP contribution in [0.5, 0.6) is 0 Å². The van der Waals surface area contributed by atoms with Crippen LogP contribution < -0.4 is 5.73 Å². The third-order valence-corrected chi connectivity index (χ3v) is 3.68. The fraction of sp³-hybridized carbons (Fsp3) is 0.222. The number of halogens is 1. The maximum atomic E-state index is 13.2. The molecule has 0 aliphatic heterocycles. The summed E-state index contributed by atoms with van der Waals surface area (Å²) in [6, 6.07) is 14.2. The lowest BCUT2D eigenvalue weighted by atomic mass is 10.0. The number of aryl methyl sites for hydroxylation is 1. The van der Waals surface area contributed by atoms with Crippen LogP contribution in [0.25, 0.3) is 11.0 Å². The molecule has 0 bridgehead atoms. The molecule has 1 unspecified atom stereocenters. The molecule has 1 atom stereocenters. The van der Waals surface area contributed by atoms with Crippen LogP contribution in [-0.4, -0.2) is 0 Å². The molecule has 21 heavy (non-hydrogen) atoms. The first-order chi connectivity index (χ1) is 10.2. The zero-order valence-electron chi connectivity index (χ0n) is 12.0. The van der Waals surface area contributed by atoms with Gasteiger partial charge in [0, 0.05) is 5.39 Å². The second-order valence-electron chi connectivity index (χ2n) is 5.30. The number of hydrogen-bond donors (Lipinski definition) is 1. The maximum Gasteiger partial charge on any atom is 0.134 e. The van der Waals surface area contributed by atoms with Crippen LogP contribution >= 0.6 is 0 Å². The monoisotopic (exact) mass is 283 g/mol. The van der Waals surface area contributed by atoms with Gasteiger partial charge in [0.1, 0.15) is 17.2 Å². The van der Waals surface area contributed by atoms with Crippen LogP contribution in [0.15, 0.2) is 52.9 Å². The molecule has 0 saturated carbocycles. The van der Waals surface area contributed by atoms with Gasteiger partial charge in [0.15, 0.2) is 0 Å². The molecule has 0 amide bonds. The summed E-state index contributed by atoms with van der Waals surface area (Å²) in [5, 5.41) is 0.739. The molecule has 0 fully saturated rings. The number of furan rings is 1. The summed E-state index contributed by atoms with van der Waals surface area (Å²) in [5.41, 5.74) is 9.21. The van der Waals surface area contributed by atoms with Crippen molar-refractivity contribution < 1.29 is 8.81 Å². The Kier molecular flexibility index (Phi) is 3.76. The standard InChI is InChI=1S/C18H18FNO/c1-2-3-12-4-6-13(7-5-12)18(20)17-11-14-10-15(19)8-9-16(14)21-17/h4-11,18H,2-3,20H2,1H3. The summed E-state index contributed by atoms with van der Waals surface area (Å²) in [6.45, 7) is 2.16. The number of benzene rings is 2. The largest absolute Gasteiger partial charge is 0.459 e. The van der Waals surface area contributed by atoms with Gasteiger partial charge in [-0.2, -0.15) is 0 Å². The third-order valence-electron chi connectivity index (χ3n) is 3.68. The van der Waals surface area contributed by atoms with E-state index in [2.05, 4.69) is 19.1 Å².